The third-order valence-corrected chi connectivity index (χ3v) is 18.6. The molecule has 16 rings (SSSR count). The highest BCUT2D eigenvalue weighted by molar-refractivity contribution is 7.00. The monoisotopic (exact) mass is 1120 g/mol. The highest BCUT2D eigenvalue weighted by atomic mass is 15.2. The van der Waals surface area contributed by atoms with Crippen molar-refractivity contribution in [2.45, 2.75) is 80.1 Å². The van der Waals surface area contributed by atoms with Crippen LogP contribution in [0.1, 0.15) is 74.9 Å². The average Bonchev–Trinajstić information content (AvgIpc) is 1.62. The van der Waals surface area contributed by atoms with Crippen LogP contribution in [-0.4, -0.2) is 26.2 Å². The van der Waals surface area contributed by atoms with Gasteiger partial charge in [0.15, 0.2) is 17.5 Å². The number of benzene rings is 12. The Labute approximate surface area is 509 Å². The average molecular weight is 1120 g/mol. The number of hydrogen-bond acceptors (Lipinski definition) is 4. The molecule has 0 unspecified atom stereocenters. The fraction of sp³-hybridized carbons (Fsp3) is 0.148. The molecule has 418 valence electrons. The summed E-state index contributed by atoms with van der Waals surface area (Å²) in [6.45, 7) is 22.4. The Bertz CT molecular complexity index is 5120. The van der Waals surface area contributed by atoms with Gasteiger partial charge in [-0.1, -0.05) is 215 Å². The second kappa shape index (κ2) is 19.3. The molecule has 14 aromatic rings. The van der Waals surface area contributed by atoms with E-state index < -0.39 is 0 Å². The summed E-state index contributed by atoms with van der Waals surface area (Å²) >= 11 is 0. The SMILES string of the molecule is Cc1cc(C)cc(-c2nc(-c3cc(C)cc(C)c3)nc(-c3cc4c5c(c3)-n3c6ccc(-c7ccccc7-c7ccccc7)cc6c6c7c8ccccc8c8ccccc8c7cc(c63)B5c3cc(C(C)(C)C)ccc3N4c3ccc(C(C)(C)C)cc3)n2)c1. The summed E-state index contributed by atoms with van der Waals surface area (Å²) in [7, 11) is 0. The first-order valence-electron chi connectivity index (χ1n) is 30.7. The molecule has 0 spiro atoms. The van der Waals surface area contributed by atoms with E-state index in [1.807, 2.05) is 0 Å². The van der Waals surface area contributed by atoms with E-state index in [-0.39, 0.29) is 17.5 Å². The number of anilines is 3. The highest BCUT2D eigenvalue weighted by Crippen LogP contribution is 2.49. The largest absolute Gasteiger partial charge is 0.311 e. The molecule has 4 heterocycles. The van der Waals surface area contributed by atoms with Crippen molar-refractivity contribution in [3.8, 4) is 62.1 Å². The van der Waals surface area contributed by atoms with E-state index in [0.717, 1.165) is 67.2 Å². The van der Waals surface area contributed by atoms with Crippen LogP contribution in [0.4, 0.5) is 17.1 Å². The predicted molar refractivity (Wildman–Crippen MR) is 370 cm³/mol. The quantitative estimate of drug-likeness (QED) is 0.123. The Morgan fingerprint density at radius 3 is 1.45 bits per heavy atom. The molecular formula is C81H66BN5. The Morgan fingerprint density at radius 2 is 0.851 bits per heavy atom. The molecule has 0 fully saturated rings. The van der Waals surface area contributed by atoms with Gasteiger partial charge in [0.25, 0.3) is 6.71 Å². The van der Waals surface area contributed by atoms with Gasteiger partial charge in [-0.3, -0.25) is 0 Å². The van der Waals surface area contributed by atoms with E-state index in [0.29, 0.717) is 17.5 Å². The van der Waals surface area contributed by atoms with Gasteiger partial charge >= 0.3 is 0 Å². The maximum absolute atomic E-state index is 5.58. The standard InChI is InChI=1S/C81H66BN5/c1-47-36-48(2)39-53(38-47)77-83-78(54-40-49(3)37-50(4)41-54)85-79(84-77)55-43-71-75-72(44-55)87-69-34-28-52(60-23-15-14-22-59(60)51-20-12-11-13-21-51)42-66(69)74-73-64-27-19-18-25-62(64)61-24-16-17-26-63(61)65(73)46-68(76(74)87)82(75)67-45-57(81(8,9)10)31-35-70(67)86(71)58-32-29-56(30-33-58)80(5,6)7/h11-46H,1-10H3. The minimum Gasteiger partial charge on any atom is -0.311 e. The van der Waals surface area contributed by atoms with Crippen LogP contribution in [0.3, 0.4) is 0 Å². The summed E-state index contributed by atoms with van der Waals surface area (Å²) < 4.78 is 2.63. The van der Waals surface area contributed by atoms with E-state index in [2.05, 4.69) is 297 Å². The lowest BCUT2D eigenvalue weighted by molar-refractivity contribution is 0.590. The molecule has 0 atom stereocenters. The van der Waals surface area contributed by atoms with E-state index >= 15 is 0 Å². The Balaban J connectivity index is 1.09. The lowest BCUT2D eigenvalue weighted by atomic mass is 9.33. The molecule has 0 amide bonds. The fourth-order valence-electron chi connectivity index (χ4n) is 14.7. The van der Waals surface area contributed by atoms with Gasteiger partial charge < -0.3 is 9.47 Å². The molecule has 6 heteroatoms. The Hall–Kier alpha value is -9.91. The third kappa shape index (κ3) is 8.39. The van der Waals surface area contributed by atoms with Gasteiger partial charge in [-0.15, -0.1) is 0 Å². The zero-order valence-electron chi connectivity index (χ0n) is 51.1. The van der Waals surface area contributed by atoms with Crippen LogP contribution < -0.4 is 21.3 Å². The van der Waals surface area contributed by atoms with E-state index in [4.69, 9.17) is 15.0 Å². The van der Waals surface area contributed by atoms with Gasteiger partial charge in [-0.2, -0.15) is 0 Å². The molecular weight excluding hydrogens is 1050 g/mol. The summed E-state index contributed by atoms with van der Waals surface area (Å²) in [5.41, 5.74) is 25.4. The number of fused-ring (bicyclic) bond motifs is 14. The smallest absolute Gasteiger partial charge is 0.252 e. The molecule has 2 aliphatic heterocycles. The molecule has 0 bridgehead atoms. The molecule has 0 saturated heterocycles. The van der Waals surface area contributed by atoms with Gasteiger partial charge in [0.05, 0.1) is 11.0 Å². The third-order valence-electron chi connectivity index (χ3n) is 18.6. The number of aryl methyl sites for hydroxylation is 4. The van der Waals surface area contributed by atoms with Crippen LogP contribution in [0.5, 0.6) is 0 Å². The van der Waals surface area contributed by atoms with Crippen LogP contribution >= 0.6 is 0 Å². The van der Waals surface area contributed by atoms with Crippen molar-refractivity contribution >= 4 is 94.3 Å². The van der Waals surface area contributed by atoms with Crippen LogP contribution in [-0.2, 0) is 10.8 Å². The normalized spacial score (nSPS) is 12.9. The second-order valence-electron chi connectivity index (χ2n) is 26.8. The number of aromatic nitrogens is 4. The van der Waals surface area contributed by atoms with Crippen molar-refractivity contribution in [1.82, 2.24) is 19.5 Å². The van der Waals surface area contributed by atoms with Gasteiger partial charge in [-0.05, 0) is 182 Å². The summed E-state index contributed by atoms with van der Waals surface area (Å²) in [6, 6.07) is 82.4. The van der Waals surface area contributed by atoms with Gasteiger partial charge in [0.2, 0.25) is 0 Å². The Morgan fingerprint density at radius 1 is 0.345 bits per heavy atom. The Kier molecular flexibility index (Phi) is 11.7. The molecule has 87 heavy (non-hydrogen) atoms. The van der Waals surface area contributed by atoms with Crippen molar-refractivity contribution < 1.29 is 0 Å². The van der Waals surface area contributed by atoms with E-state index in [1.165, 1.54) is 98.4 Å². The van der Waals surface area contributed by atoms with Crippen molar-refractivity contribution in [1.29, 1.82) is 0 Å². The second-order valence-corrected chi connectivity index (χ2v) is 26.8. The minimum absolute atomic E-state index is 0.0315. The zero-order valence-corrected chi connectivity index (χ0v) is 51.1. The lowest BCUT2D eigenvalue weighted by Gasteiger charge is -2.41. The molecule has 2 aliphatic rings. The molecule has 0 saturated carbocycles. The topological polar surface area (TPSA) is 46.8 Å². The fourth-order valence-corrected chi connectivity index (χ4v) is 14.7. The zero-order chi connectivity index (χ0) is 59.4. The van der Waals surface area contributed by atoms with Crippen LogP contribution in [0.25, 0.3) is 116 Å². The first-order valence-corrected chi connectivity index (χ1v) is 30.7. The predicted octanol–water partition coefficient (Wildman–Crippen LogP) is 19.2. The molecule has 0 N–H and O–H groups in total. The van der Waals surface area contributed by atoms with Crippen molar-refractivity contribution in [2.75, 3.05) is 4.90 Å². The van der Waals surface area contributed by atoms with E-state index in [1.54, 1.807) is 0 Å². The summed E-state index contributed by atoms with van der Waals surface area (Å²) in [6.07, 6.45) is 0. The van der Waals surface area contributed by atoms with Crippen molar-refractivity contribution in [2.24, 2.45) is 0 Å². The maximum Gasteiger partial charge on any atom is 0.252 e. The number of hydrogen-bond donors (Lipinski definition) is 0. The maximum atomic E-state index is 5.58. The first kappa shape index (κ1) is 52.6. The molecule has 2 aromatic heterocycles. The van der Waals surface area contributed by atoms with E-state index in [9.17, 15) is 0 Å². The lowest BCUT2D eigenvalue weighted by Crippen LogP contribution is -2.60. The first-order chi connectivity index (χ1) is 42.0. The van der Waals surface area contributed by atoms with Gasteiger partial charge in [-0.25, -0.2) is 15.0 Å². The summed E-state index contributed by atoms with van der Waals surface area (Å²) in [5.74, 6) is 1.91. The van der Waals surface area contributed by atoms with Gasteiger partial charge in [0, 0.05) is 55.6 Å². The molecule has 0 aliphatic carbocycles. The summed E-state index contributed by atoms with van der Waals surface area (Å²) in [5, 5.41) is 10.0. The van der Waals surface area contributed by atoms with Gasteiger partial charge in [0.1, 0.15) is 0 Å². The van der Waals surface area contributed by atoms with Crippen molar-refractivity contribution in [3.63, 3.8) is 0 Å². The van der Waals surface area contributed by atoms with Crippen LogP contribution in [0.2, 0.25) is 0 Å². The number of rotatable bonds is 6. The summed E-state index contributed by atoms with van der Waals surface area (Å²) in [4.78, 5) is 19.1. The molecule has 0 radical (unpaired) electrons. The molecule has 5 nitrogen and oxygen atoms in total. The number of nitrogens with zero attached hydrogens (tertiary/aromatic N) is 5. The van der Waals surface area contributed by atoms with Crippen molar-refractivity contribution in [3.05, 3.63) is 252 Å². The van der Waals surface area contributed by atoms with Crippen LogP contribution in [0.15, 0.2) is 218 Å². The molecule has 12 aromatic carbocycles. The van der Waals surface area contributed by atoms with Crippen LogP contribution in [0, 0.1) is 27.7 Å². The minimum atomic E-state index is -0.159. The highest BCUT2D eigenvalue weighted by Gasteiger charge is 2.44.